The Morgan fingerprint density at radius 2 is 1.77 bits per heavy atom. The summed E-state index contributed by atoms with van der Waals surface area (Å²) < 4.78 is 12.7. The van der Waals surface area contributed by atoms with Crippen LogP contribution in [0.15, 0.2) is 18.2 Å². The number of nitrogens with one attached hydrogen (secondary N) is 1. The molecule has 0 bridgehead atoms. The molecule has 1 aromatic rings. The van der Waals surface area contributed by atoms with E-state index in [1.807, 2.05) is 18.2 Å². The van der Waals surface area contributed by atoms with Crippen molar-refractivity contribution in [3.8, 4) is 5.75 Å². The van der Waals surface area contributed by atoms with Crippen LogP contribution in [0, 0.1) is 0 Å². The molecule has 3 aliphatic heterocycles. The molecule has 0 radical (unpaired) electrons. The van der Waals surface area contributed by atoms with Crippen molar-refractivity contribution in [1.82, 2.24) is 15.1 Å². The molecule has 3 atom stereocenters. The molecule has 1 N–H and O–H groups in total. The van der Waals surface area contributed by atoms with Gasteiger partial charge in [-0.3, -0.25) is 24.6 Å². The third kappa shape index (κ3) is 5.23. The number of rotatable bonds is 5. The smallest absolute Gasteiger partial charge is 0.255 e. The number of benzene rings is 1. The Morgan fingerprint density at radius 1 is 1.00 bits per heavy atom. The summed E-state index contributed by atoms with van der Waals surface area (Å²) in [5, 5.41) is 2.35. The summed E-state index contributed by atoms with van der Waals surface area (Å²) in [7, 11) is 0. The van der Waals surface area contributed by atoms with Crippen LogP contribution in [0.25, 0.3) is 0 Å². The zero-order chi connectivity index (χ0) is 24.7. The molecular weight excluding hydrogens is 446 g/mol. The minimum absolute atomic E-state index is 0.103. The number of piperidine rings is 2. The van der Waals surface area contributed by atoms with Crippen molar-refractivity contribution in [3.63, 3.8) is 0 Å². The zero-order valence-electron chi connectivity index (χ0n) is 21.0. The van der Waals surface area contributed by atoms with E-state index in [1.165, 1.54) is 0 Å². The Balaban J connectivity index is 1.21. The molecule has 4 aliphatic rings. The van der Waals surface area contributed by atoms with E-state index < -0.39 is 6.04 Å². The highest BCUT2D eigenvalue weighted by Crippen LogP contribution is 2.34. The van der Waals surface area contributed by atoms with Crippen molar-refractivity contribution in [1.29, 1.82) is 0 Å². The lowest BCUT2D eigenvalue weighted by atomic mass is 10.0. The van der Waals surface area contributed by atoms with Crippen molar-refractivity contribution >= 4 is 17.7 Å². The van der Waals surface area contributed by atoms with Crippen LogP contribution in [0.1, 0.15) is 81.6 Å². The van der Waals surface area contributed by atoms with Crippen molar-refractivity contribution in [3.05, 3.63) is 29.3 Å². The van der Waals surface area contributed by atoms with Gasteiger partial charge in [-0.2, -0.15) is 0 Å². The molecule has 1 aromatic carbocycles. The monoisotopic (exact) mass is 483 g/mol. The van der Waals surface area contributed by atoms with Crippen LogP contribution in [0.4, 0.5) is 0 Å². The second kappa shape index (κ2) is 9.54. The molecule has 3 amide bonds. The van der Waals surface area contributed by atoms with Gasteiger partial charge in [0.25, 0.3) is 5.91 Å². The summed E-state index contributed by atoms with van der Waals surface area (Å²) >= 11 is 0. The minimum atomic E-state index is -0.596. The number of carbonyl (C=O) groups excluding carboxylic acids is 3. The fraction of sp³-hybridized carbons (Fsp3) is 0.667. The fourth-order valence-corrected chi connectivity index (χ4v) is 6.09. The van der Waals surface area contributed by atoms with E-state index in [4.69, 9.17) is 9.47 Å². The van der Waals surface area contributed by atoms with Crippen molar-refractivity contribution in [2.75, 3.05) is 13.1 Å². The molecule has 35 heavy (non-hydrogen) atoms. The highest BCUT2D eigenvalue weighted by atomic mass is 16.5. The molecule has 2 saturated heterocycles. The molecule has 8 heteroatoms. The number of amides is 3. The first-order valence-electron chi connectivity index (χ1n) is 13.0. The van der Waals surface area contributed by atoms with Gasteiger partial charge in [0.15, 0.2) is 0 Å². The first-order valence-corrected chi connectivity index (χ1v) is 13.0. The lowest BCUT2D eigenvalue weighted by molar-refractivity contribution is -0.136. The summed E-state index contributed by atoms with van der Waals surface area (Å²) in [6, 6.07) is 5.46. The Morgan fingerprint density at radius 3 is 2.49 bits per heavy atom. The lowest BCUT2D eigenvalue weighted by Crippen LogP contribution is -2.52. The average molecular weight is 484 g/mol. The van der Waals surface area contributed by atoms with Gasteiger partial charge in [-0.15, -0.1) is 0 Å². The molecule has 8 nitrogen and oxygen atoms in total. The number of imide groups is 1. The maximum atomic E-state index is 13.0. The summed E-state index contributed by atoms with van der Waals surface area (Å²) in [6.45, 7) is 8.79. The van der Waals surface area contributed by atoms with Gasteiger partial charge in [-0.25, -0.2) is 0 Å². The molecule has 0 aromatic heterocycles. The van der Waals surface area contributed by atoms with Gasteiger partial charge in [0.1, 0.15) is 17.9 Å². The second-order valence-corrected chi connectivity index (χ2v) is 11.3. The number of ether oxygens (including phenoxy) is 2. The third-order valence-electron chi connectivity index (χ3n) is 7.67. The predicted octanol–water partition coefficient (Wildman–Crippen LogP) is 3.03. The van der Waals surface area contributed by atoms with Crippen LogP contribution in [0.2, 0.25) is 0 Å². The maximum Gasteiger partial charge on any atom is 0.255 e. The van der Waals surface area contributed by atoms with Crippen molar-refractivity contribution in [2.45, 2.75) is 102 Å². The second-order valence-electron chi connectivity index (χ2n) is 11.3. The molecule has 1 aliphatic carbocycles. The largest absolute Gasteiger partial charge is 0.489 e. The van der Waals surface area contributed by atoms with Gasteiger partial charge in [0.05, 0.1) is 11.7 Å². The van der Waals surface area contributed by atoms with E-state index in [-0.39, 0.29) is 35.8 Å². The van der Waals surface area contributed by atoms with Gasteiger partial charge in [-0.05, 0) is 83.1 Å². The van der Waals surface area contributed by atoms with Gasteiger partial charge in [0, 0.05) is 37.7 Å². The Labute approximate surface area is 207 Å². The lowest BCUT2D eigenvalue weighted by Gasteiger charge is -2.40. The summed E-state index contributed by atoms with van der Waals surface area (Å²) in [4.78, 5) is 40.9. The number of likely N-dealkylation sites (tertiary alicyclic amines) is 1. The number of fused-ring (bicyclic) bond motifs is 1. The summed E-state index contributed by atoms with van der Waals surface area (Å²) in [5.74, 6) is -0.0304. The molecule has 5 rings (SSSR count). The highest BCUT2D eigenvalue weighted by Gasteiger charge is 2.40. The average Bonchev–Trinajstić information content (AvgIpc) is 3.38. The van der Waals surface area contributed by atoms with E-state index in [0.717, 1.165) is 56.5 Å². The van der Waals surface area contributed by atoms with Crippen molar-refractivity contribution in [2.24, 2.45) is 0 Å². The first-order chi connectivity index (χ1) is 16.7. The van der Waals surface area contributed by atoms with E-state index in [9.17, 15) is 14.4 Å². The topological polar surface area (TPSA) is 88.2 Å². The van der Waals surface area contributed by atoms with Gasteiger partial charge in [0.2, 0.25) is 11.8 Å². The summed E-state index contributed by atoms with van der Waals surface area (Å²) in [6.07, 6.45) is 6.52. The minimum Gasteiger partial charge on any atom is -0.489 e. The maximum absolute atomic E-state index is 13.0. The number of carbonyl (C=O) groups is 3. The Bertz CT molecular complexity index is 995. The Kier molecular flexibility index (Phi) is 6.61. The van der Waals surface area contributed by atoms with Crippen LogP contribution in [-0.4, -0.2) is 70.5 Å². The van der Waals surface area contributed by atoms with E-state index in [2.05, 4.69) is 31.0 Å². The molecular formula is C27H37N3O5. The summed E-state index contributed by atoms with van der Waals surface area (Å²) in [5.41, 5.74) is 1.40. The van der Waals surface area contributed by atoms with Crippen LogP contribution in [0.5, 0.6) is 5.75 Å². The quantitative estimate of drug-likeness (QED) is 0.648. The molecule has 1 unspecified atom stereocenters. The number of nitrogens with zero attached hydrogens (tertiary/aromatic N) is 2. The molecule has 190 valence electrons. The van der Waals surface area contributed by atoms with Crippen LogP contribution >= 0.6 is 0 Å². The first kappa shape index (κ1) is 24.3. The molecule has 0 spiro atoms. The normalized spacial score (nSPS) is 28.4. The third-order valence-corrected chi connectivity index (χ3v) is 7.67. The van der Waals surface area contributed by atoms with Gasteiger partial charge >= 0.3 is 0 Å². The zero-order valence-corrected chi connectivity index (χ0v) is 21.0. The van der Waals surface area contributed by atoms with E-state index in [1.54, 1.807) is 4.90 Å². The fourth-order valence-electron chi connectivity index (χ4n) is 6.09. The van der Waals surface area contributed by atoms with E-state index >= 15 is 0 Å². The predicted molar refractivity (Wildman–Crippen MR) is 130 cm³/mol. The van der Waals surface area contributed by atoms with Crippen LogP contribution in [-0.2, 0) is 20.9 Å². The highest BCUT2D eigenvalue weighted by molar-refractivity contribution is 6.05. The standard InChI is InChI=1S/C27H37N3O5/c1-27(2,3)35-18-11-13-29(14-12-18)21-5-4-6-23(21)34-19-7-8-20-17(15-19)16-30(26(20)33)22-9-10-24(31)28-25(22)32/h7-8,15,18,21-23H,4-6,9-14,16H2,1-3H3,(H,28,31,32)/t21-,22?,23+/m1/s1. The number of hydrogen-bond acceptors (Lipinski definition) is 6. The van der Waals surface area contributed by atoms with Crippen molar-refractivity contribution < 1.29 is 23.9 Å². The van der Waals surface area contributed by atoms with Gasteiger partial charge in [-0.1, -0.05) is 0 Å². The number of hydrogen-bond donors (Lipinski definition) is 1. The van der Waals surface area contributed by atoms with E-state index in [0.29, 0.717) is 30.7 Å². The molecule has 3 heterocycles. The van der Waals surface area contributed by atoms with Gasteiger partial charge < -0.3 is 14.4 Å². The molecule has 3 fully saturated rings. The van der Waals surface area contributed by atoms with Crippen LogP contribution < -0.4 is 10.1 Å². The Hall–Kier alpha value is -2.45. The molecule has 1 saturated carbocycles. The SMILES string of the molecule is CC(C)(C)OC1CCN([C@@H]2CCC[C@@H]2Oc2ccc3c(c2)CN(C2CCC(=O)NC2=O)C3=O)CC1. The van der Waals surface area contributed by atoms with Crippen LogP contribution in [0.3, 0.4) is 0 Å².